The van der Waals surface area contributed by atoms with Crippen LogP contribution >= 0.6 is 0 Å². The molecule has 0 amide bonds. The van der Waals surface area contributed by atoms with Crippen molar-refractivity contribution in [2.75, 3.05) is 26.3 Å². The summed E-state index contributed by atoms with van der Waals surface area (Å²) >= 11 is 0. The molecule has 1 N–H and O–H groups in total. The van der Waals surface area contributed by atoms with Crippen LogP contribution in [0.2, 0.25) is 0 Å². The first kappa shape index (κ1) is 12.1. The molecule has 1 aliphatic rings. The normalized spacial score (nSPS) is 18.9. The molecule has 0 aromatic heterocycles. The Morgan fingerprint density at radius 2 is 2.12 bits per heavy atom. The average molecular weight is 235 g/mol. The van der Waals surface area contributed by atoms with Gasteiger partial charge in [-0.3, -0.25) is 9.69 Å². The molecule has 1 atom stereocenters. The standard InChI is InChI=1S/C13H17NO3/c1-10(15)13(14-5-7-17-8-6-14)11-3-2-4-12(16)9-11/h2-4,9,13,16H,5-8H2,1H3. The van der Waals surface area contributed by atoms with E-state index in [0.29, 0.717) is 13.2 Å². The zero-order valence-corrected chi connectivity index (χ0v) is 9.93. The predicted molar refractivity (Wildman–Crippen MR) is 63.9 cm³/mol. The molecule has 1 heterocycles. The van der Waals surface area contributed by atoms with E-state index in [4.69, 9.17) is 4.74 Å². The molecular formula is C13H17NO3. The summed E-state index contributed by atoms with van der Waals surface area (Å²) in [5.41, 5.74) is 0.847. The lowest BCUT2D eigenvalue weighted by Gasteiger charge is -2.33. The molecule has 1 aliphatic heterocycles. The minimum Gasteiger partial charge on any atom is -0.508 e. The third-order valence-electron chi connectivity index (χ3n) is 2.98. The molecular weight excluding hydrogens is 218 g/mol. The lowest BCUT2D eigenvalue weighted by Crippen LogP contribution is -2.41. The van der Waals surface area contributed by atoms with Gasteiger partial charge in [0.15, 0.2) is 5.78 Å². The van der Waals surface area contributed by atoms with Gasteiger partial charge >= 0.3 is 0 Å². The van der Waals surface area contributed by atoms with Crippen molar-refractivity contribution in [2.24, 2.45) is 0 Å². The maximum absolute atomic E-state index is 11.8. The maximum atomic E-state index is 11.8. The number of hydrogen-bond donors (Lipinski definition) is 1. The zero-order valence-electron chi connectivity index (χ0n) is 9.93. The third kappa shape index (κ3) is 2.84. The van der Waals surface area contributed by atoms with Crippen LogP contribution in [0.15, 0.2) is 24.3 Å². The summed E-state index contributed by atoms with van der Waals surface area (Å²) in [5.74, 6) is 0.291. The van der Waals surface area contributed by atoms with Gasteiger partial charge in [0.25, 0.3) is 0 Å². The van der Waals surface area contributed by atoms with Crippen molar-refractivity contribution >= 4 is 5.78 Å². The SMILES string of the molecule is CC(=O)C(c1cccc(O)c1)N1CCOCC1. The molecule has 4 nitrogen and oxygen atoms in total. The van der Waals surface area contributed by atoms with Gasteiger partial charge in [0.1, 0.15) is 5.75 Å². The van der Waals surface area contributed by atoms with Crippen LogP contribution in [0.1, 0.15) is 18.5 Å². The number of ether oxygens (including phenoxy) is 1. The van der Waals surface area contributed by atoms with Crippen molar-refractivity contribution in [1.82, 2.24) is 4.90 Å². The number of aromatic hydroxyl groups is 1. The Labute approximate surface area is 101 Å². The lowest BCUT2D eigenvalue weighted by atomic mass is 10.0. The van der Waals surface area contributed by atoms with E-state index in [0.717, 1.165) is 18.7 Å². The first-order valence-electron chi connectivity index (χ1n) is 5.79. The van der Waals surface area contributed by atoms with Crippen molar-refractivity contribution < 1.29 is 14.6 Å². The Hall–Kier alpha value is -1.39. The molecule has 1 saturated heterocycles. The number of phenolic OH excluding ortho intramolecular Hbond substituents is 1. The molecule has 1 unspecified atom stereocenters. The largest absolute Gasteiger partial charge is 0.508 e. The maximum Gasteiger partial charge on any atom is 0.151 e. The van der Waals surface area contributed by atoms with Crippen LogP contribution in [0.4, 0.5) is 0 Å². The molecule has 1 aromatic rings. The number of ketones is 1. The number of morpholine rings is 1. The van der Waals surface area contributed by atoms with E-state index in [2.05, 4.69) is 4.90 Å². The van der Waals surface area contributed by atoms with Gasteiger partial charge < -0.3 is 9.84 Å². The van der Waals surface area contributed by atoms with E-state index in [9.17, 15) is 9.90 Å². The molecule has 0 radical (unpaired) electrons. The molecule has 0 aliphatic carbocycles. The second-order valence-electron chi connectivity index (χ2n) is 4.26. The van der Waals surface area contributed by atoms with Crippen LogP contribution in [0.25, 0.3) is 0 Å². The summed E-state index contributed by atoms with van der Waals surface area (Å²) in [7, 11) is 0. The summed E-state index contributed by atoms with van der Waals surface area (Å²) in [6.45, 7) is 4.40. The van der Waals surface area contributed by atoms with Gasteiger partial charge in [-0.1, -0.05) is 12.1 Å². The van der Waals surface area contributed by atoms with Gasteiger partial charge in [0.05, 0.1) is 19.3 Å². The van der Waals surface area contributed by atoms with Crippen LogP contribution in [-0.4, -0.2) is 42.1 Å². The second-order valence-corrected chi connectivity index (χ2v) is 4.26. The molecule has 1 aromatic carbocycles. The lowest BCUT2D eigenvalue weighted by molar-refractivity contribution is -0.124. The number of carbonyl (C=O) groups excluding carboxylic acids is 1. The highest BCUT2D eigenvalue weighted by molar-refractivity contribution is 5.83. The number of hydrogen-bond acceptors (Lipinski definition) is 4. The van der Waals surface area contributed by atoms with E-state index in [-0.39, 0.29) is 17.6 Å². The van der Waals surface area contributed by atoms with Crippen molar-refractivity contribution in [3.8, 4) is 5.75 Å². The molecule has 92 valence electrons. The number of phenols is 1. The van der Waals surface area contributed by atoms with Gasteiger partial charge in [-0.15, -0.1) is 0 Å². The van der Waals surface area contributed by atoms with Crippen LogP contribution in [0.3, 0.4) is 0 Å². The quantitative estimate of drug-likeness (QED) is 0.859. The number of benzene rings is 1. The summed E-state index contributed by atoms with van der Waals surface area (Å²) in [4.78, 5) is 13.9. The van der Waals surface area contributed by atoms with Crippen molar-refractivity contribution in [2.45, 2.75) is 13.0 Å². The number of nitrogens with zero attached hydrogens (tertiary/aromatic N) is 1. The molecule has 0 spiro atoms. The van der Waals surface area contributed by atoms with Crippen LogP contribution in [0, 0.1) is 0 Å². The van der Waals surface area contributed by atoms with Crippen LogP contribution < -0.4 is 0 Å². The highest BCUT2D eigenvalue weighted by atomic mass is 16.5. The number of carbonyl (C=O) groups is 1. The van der Waals surface area contributed by atoms with E-state index in [1.54, 1.807) is 25.1 Å². The van der Waals surface area contributed by atoms with Gasteiger partial charge in [-0.2, -0.15) is 0 Å². The van der Waals surface area contributed by atoms with Crippen molar-refractivity contribution in [3.05, 3.63) is 29.8 Å². The fourth-order valence-corrected chi connectivity index (χ4v) is 2.23. The number of rotatable bonds is 3. The molecule has 2 rings (SSSR count). The fraction of sp³-hybridized carbons (Fsp3) is 0.462. The third-order valence-corrected chi connectivity index (χ3v) is 2.98. The van der Waals surface area contributed by atoms with Crippen LogP contribution in [-0.2, 0) is 9.53 Å². The van der Waals surface area contributed by atoms with E-state index in [1.165, 1.54) is 0 Å². The highest BCUT2D eigenvalue weighted by Gasteiger charge is 2.26. The first-order valence-corrected chi connectivity index (χ1v) is 5.79. The summed E-state index contributed by atoms with van der Waals surface area (Å²) in [6, 6.07) is 6.63. The minimum absolute atomic E-state index is 0.0949. The van der Waals surface area contributed by atoms with E-state index < -0.39 is 0 Å². The van der Waals surface area contributed by atoms with Crippen molar-refractivity contribution in [3.63, 3.8) is 0 Å². The fourth-order valence-electron chi connectivity index (χ4n) is 2.23. The van der Waals surface area contributed by atoms with E-state index >= 15 is 0 Å². The smallest absolute Gasteiger partial charge is 0.151 e. The Morgan fingerprint density at radius 3 is 2.71 bits per heavy atom. The minimum atomic E-state index is -0.272. The second kappa shape index (κ2) is 5.29. The van der Waals surface area contributed by atoms with Gasteiger partial charge in [0.2, 0.25) is 0 Å². The Kier molecular flexibility index (Phi) is 3.76. The van der Waals surface area contributed by atoms with Gasteiger partial charge in [-0.05, 0) is 24.6 Å². The summed E-state index contributed by atoms with van der Waals surface area (Å²) < 4.78 is 5.29. The van der Waals surface area contributed by atoms with Gasteiger partial charge in [-0.25, -0.2) is 0 Å². The molecule has 1 fully saturated rings. The topological polar surface area (TPSA) is 49.8 Å². The molecule has 17 heavy (non-hydrogen) atoms. The molecule has 0 saturated carbocycles. The number of Topliss-reactive ketones (excluding diaryl/α,β-unsaturated/α-hetero) is 1. The monoisotopic (exact) mass is 235 g/mol. The predicted octanol–water partition coefficient (Wildman–Crippen LogP) is 1.35. The van der Waals surface area contributed by atoms with Gasteiger partial charge in [0, 0.05) is 13.1 Å². The molecule has 0 bridgehead atoms. The summed E-state index contributed by atoms with van der Waals surface area (Å²) in [6.07, 6.45) is 0. The first-order chi connectivity index (χ1) is 8.18. The zero-order chi connectivity index (χ0) is 12.3. The van der Waals surface area contributed by atoms with E-state index in [1.807, 2.05) is 6.07 Å². The Balaban J connectivity index is 2.25. The average Bonchev–Trinajstić information content (AvgIpc) is 2.30. The summed E-state index contributed by atoms with van der Waals surface area (Å²) in [5, 5.41) is 9.49. The Bertz CT molecular complexity index is 399. The molecule has 4 heteroatoms. The van der Waals surface area contributed by atoms with Crippen molar-refractivity contribution in [1.29, 1.82) is 0 Å². The van der Waals surface area contributed by atoms with Crippen LogP contribution in [0.5, 0.6) is 5.75 Å². The highest BCUT2D eigenvalue weighted by Crippen LogP contribution is 2.25. The Morgan fingerprint density at radius 1 is 1.41 bits per heavy atom.